The molecule has 130 valence electrons. The van der Waals surface area contributed by atoms with E-state index in [-0.39, 0.29) is 13.4 Å². The average molecular weight is 344 g/mol. The number of fused-ring (bicyclic) bond motifs is 1. The molecule has 0 atom stereocenters. The average Bonchev–Trinajstić information content (AvgIpc) is 3.23. The molecule has 3 rings (SSSR count). The summed E-state index contributed by atoms with van der Waals surface area (Å²) in [5.74, 6) is 1.05. The second-order valence-corrected chi connectivity index (χ2v) is 5.23. The van der Waals surface area contributed by atoms with Crippen LogP contribution >= 0.6 is 0 Å². The van der Waals surface area contributed by atoms with Crippen molar-refractivity contribution in [1.82, 2.24) is 0 Å². The highest BCUT2D eigenvalue weighted by Crippen LogP contribution is 2.32. The van der Waals surface area contributed by atoms with Crippen molar-refractivity contribution in [3.05, 3.63) is 53.0 Å². The largest absolute Gasteiger partial charge is 0.465 e. The number of ether oxygens (including phenoxy) is 4. The predicted octanol–water partition coefficient (Wildman–Crippen LogP) is 2.86. The summed E-state index contributed by atoms with van der Waals surface area (Å²) in [6.45, 7) is 1.75. The molecule has 0 aliphatic carbocycles. The van der Waals surface area contributed by atoms with Gasteiger partial charge in [-0.15, -0.1) is 0 Å². The van der Waals surface area contributed by atoms with Gasteiger partial charge in [0, 0.05) is 6.08 Å². The van der Waals surface area contributed by atoms with Gasteiger partial charge in [0.05, 0.1) is 7.11 Å². The van der Waals surface area contributed by atoms with Gasteiger partial charge in [0.25, 0.3) is 0 Å². The molecule has 2 aromatic rings. The molecule has 0 saturated heterocycles. The van der Waals surface area contributed by atoms with Crippen LogP contribution in [-0.4, -0.2) is 25.8 Å². The van der Waals surface area contributed by atoms with Crippen LogP contribution in [0, 0.1) is 6.92 Å². The van der Waals surface area contributed by atoms with E-state index in [1.54, 1.807) is 31.2 Å². The van der Waals surface area contributed by atoms with Gasteiger partial charge in [-0.1, -0.05) is 6.07 Å². The number of benzene rings is 1. The molecular formula is C18H16O7. The Morgan fingerprint density at radius 1 is 1.20 bits per heavy atom. The van der Waals surface area contributed by atoms with Crippen LogP contribution in [0.2, 0.25) is 0 Å². The van der Waals surface area contributed by atoms with Gasteiger partial charge in [0.2, 0.25) is 6.79 Å². The van der Waals surface area contributed by atoms with Crippen molar-refractivity contribution < 1.29 is 33.0 Å². The normalized spacial score (nSPS) is 12.4. The molecule has 1 aromatic carbocycles. The van der Waals surface area contributed by atoms with Crippen LogP contribution in [-0.2, 0) is 20.9 Å². The molecule has 2 heterocycles. The molecule has 0 fully saturated rings. The first-order valence-corrected chi connectivity index (χ1v) is 7.49. The van der Waals surface area contributed by atoms with E-state index < -0.39 is 11.9 Å². The van der Waals surface area contributed by atoms with Crippen molar-refractivity contribution in [3.8, 4) is 11.5 Å². The number of aryl methyl sites for hydroxylation is 1. The summed E-state index contributed by atoms with van der Waals surface area (Å²) in [5, 5.41) is 0. The van der Waals surface area contributed by atoms with E-state index in [4.69, 9.17) is 18.6 Å². The Hall–Kier alpha value is -3.22. The Kier molecular flexibility index (Phi) is 4.74. The van der Waals surface area contributed by atoms with Crippen LogP contribution < -0.4 is 9.47 Å². The molecule has 0 spiro atoms. The van der Waals surface area contributed by atoms with E-state index in [1.165, 1.54) is 19.3 Å². The lowest BCUT2D eigenvalue weighted by Crippen LogP contribution is -2.01. The van der Waals surface area contributed by atoms with Gasteiger partial charge in [0.15, 0.2) is 11.5 Å². The Bertz CT molecular complexity index is 832. The zero-order chi connectivity index (χ0) is 17.8. The van der Waals surface area contributed by atoms with Crippen molar-refractivity contribution in [2.24, 2.45) is 0 Å². The summed E-state index contributed by atoms with van der Waals surface area (Å²) in [6.07, 6.45) is 2.91. The zero-order valence-corrected chi connectivity index (χ0v) is 13.7. The fourth-order valence-corrected chi connectivity index (χ4v) is 2.30. The summed E-state index contributed by atoms with van der Waals surface area (Å²) in [7, 11) is 1.29. The van der Waals surface area contributed by atoms with Crippen molar-refractivity contribution in [2.75, 3.05) is 13.9 Å². The molecular weight excluding hydrogens is 328 g/mol. The molecule has 0 bridgehead atoms. The van der Waals surface area contributed by atoms with E-state index in [1.807, 2.05) is 0 Å². The molecule has 0 amide bonds. The predicted molar refractivity (Wildman–Crippen MR) is 86.2 cm³/mol. The molecule has 0 N–H and O–H groups in total. The number of hydrogen-bond donors (Lipinski definition) is 0. The van der Waals surface area contributed by atoms with Gasteiger partial charge in [-0.3, -0.25) is 0 Å². The Labute approximate surface area is 143 Å². The lowest BCUT2D eigenvalue weighted by molar-refractivity contribution is -0.139. The van der Waals surface area contributed by atoms with Gasteiger partial charge in [-0.2, -0.15) is 0 Å². The standard InChI is InChI=1S/C18H16O7/c1-11-14(18(20)21-2)8-13(25-11)9-22-17(19)6-4-12-3-5-15-16(7-12)24-10-23-15/h3-8H,9-10H2,1-2H3/b6-4+. The van der Waals surface area contributed by atoms with E-state index in [9.17, 15) is 9.59 Å². The summed E-state index contributed by atoms with van der Waals surface area (Å²) in [4.78, 5) is 23.3. The fourth-order valence-electron chi connectivity index (χ4n) is 2.30. The first-order valence-electron chi connectivity index (χ1n) is 7.49. The van der Waals surface area contributed by atoms with Crippen LogP contribution in [0.3, 0.4) is 0 Å². The highest BCUT2D eigenvalue weighted by molar-refractivity contribution is 5.90. The van der Waals surface area contributed by atoms with E-state index in [0.717, 1.165) is 5.56 Å². The summed E-state index contributed by atoms with van der Waals surface area (Å²) >= 11 is 0. The van der Waals surface area contributed by atoms with Gasteiger partial charge < -0.3 is 23.4 Å². The Morgan fingerprint density at radius 3 is 2.80 bits per heavy atom. The van der Waals surface area contributed by atoms with E-state index in [0.29, 0.717) is 28.6 Å². The van der Waals surface area contributed by atoms with E-state index in [2.05, 4.69) is 4.74 Å². The molecule has 0 saturated carbocycles. The number of carbonyl (C=O) groups excluding carboxylic acids is 2. The summed E-state index contributed by atoms with van der Waals surface area (Å²) in [6, 6.07) is 6.84. The van der Waals surface area contributed by atoms with Gasteiger partial charge in [-0.05, 0) is 36.8 Å². The maximum absolute atomic E-state index is 11.8. The van der Waals surface area contributed by atoms with Gasteiger partial charge in [-0.25, -0.2) is 9.59 Å². The lowest BCUT2D eigenvalue weighted by atomic mass is 10.2. The van der Waals surface area contributed by atoms with Crippen LogP contribution in [0.1, 0.15) is 27.4 Å². The fraction of sp³-hybridized carbons (Fsp3) is 0.222. The van der Waals surface area contributed by atoms with Gasteiger partial charge in [0.1, 0.15) is 23.7 Å². The van der Waals surface area contributed by atoms with Crippen molar-refractivity contribution >= 4 is 18.0 Å². The highest BCUT2D eigenvalue weighted by Gasteiger charge is 2.16. The number of hydrogen-bond acceptors (Lipinski definition) is 7. The Morgan fingerprint density at radius 2 is 2.00 bits per heavy atom. The van der Waals surface area contributed by atoms with Crippen LogP contribution in [0.4, 0.5) is 0 Å². The van der Waals surface area contributed by atoms with Crippen molar-refractivity contribution in [3.63, 3.8) is 0 Å². The quantitative estimate of drug-likeness (QED) is 0.609. The maximum Gasteiger partial charge on any atom is 0.341 e. The Balaban J connectivity index is 1.57. The summed E-state index contributed by atoms with van der Waals surface area (Å²) in [5.41, 5.74) is 1.09. The third kappa shape index (κ3) is 3.82. The molecule has 25 heavy (non-hydrogen) atoms. The monoisotopic (exact) mass is 344 g/mol. The van der Waals surface area contributed by atoms with Crippen molar-refractivity contribution in [1.29, 1.82) is 0 Å². The summed E-state index contributed by atoms with van der Waals surface area (Å²) < 4.78 is 25.6. The molecule has 1 aliphatic rings. The number of esters is 2. The highest BCUT2D eigenvalue weighted by atomic mass is 16.7. The van der Waals surface area contributed by atoms with Crippen LogP contribution in [0.5, 0.6) is 11.5 Å². The number of carbonyl (C=O) groups is 2. The lowest BCUT2D eigenvalue weighted by Gasteiger charge is -1.99. The molecule has 7 heteroatoms. The molecule has 0 radical (unpaired) electrons. The second-order valence-electron chi connectivity index (χ2n) is 5.23. The second kappa shape index (κ2) is 7.12. The van der Waals surface area contributed by atoms with Crippen molar-refractivity contribution in [2.45, 2.75) is 13.5 Å². The minimum absolute atomic E-state index is 0.0812. The molecule has 0 unspecified atom stereocenters. The zero-order valence-electron chi connectivity index (χ0n) is 13.7. The van der Waals surface area contributed by atoms with Crippen LogP contribution in [0.25, 0.3) is 6.08 Å². The first kappa shape index (κ1) is 16.6. The third-order valence-electron chi connectivity index (χ3n) is 3.54. The van der Waals surface area contributed by atoms with Gasteiger partial charge >= 0.3 is 11.9 Å². The van der Waals surface area contributed by atoms with Crippen LogP contribution in [0.15, 0.2) is 34.8 Å². The minimum Gasteiger partial charge on any atom is -0.465 e. The smallest absolute Gasteiger partial charge is 0.341 e. The molecule has 7 nitrogen and oxygen atoms in total. The number of furan rings is 1. The topological polar surface area (TPSA) is 84.2 Å². The van der Waals surface area contributed by atoms with E-state index >= 15 is 0 Å². The first-order chi connectivity index (χ1) is 12.1. The number of methoxy groups -OCH3 is 1. The SMILES string of the molecule is COC(=O)c1cc(COC(=O)/C=C/c2ccc3c(c2)OCO3)oc1C. The minimum atomic E-state index is -0.536. The molecule has 1 aromatic heterocycles. The third-order valence-corrected chi connectivity index (χ3v) is 3.54. The maximum atomic E-state index is 11.8. The number of rotatable bonds is 5. The molecule has 1 aliphatic heterocycles.